The van der Waals surface area contributed by atoms with Gasteiger partial charge >= 0.3 is 0 Å². The van der Waals surface area contributed by atoms with E-state index in [4.69, 9.17) is 4.42 Å². The first-order valence-electron chi connectivity index (χ1n) is 8.49. The minimum Gasteiger partial charge on any atom is -0.468 e. The number of aliphatic hydroxyl groups is 1. The van der Waals surface area contributed by atoms with Crippen molar-refractivity contribution in [2.75, 3.05) is 6.54 Å². The van der Waals surface area contributed by atoms with Crippen molar-refractivity contribution in [3.8, 4) is 0 Å². The Kier molecular flexibility index (Phi) is 5.13. The Morgan fingerprint density at radius 3 is 2.74 bits per heavy atom. The fourth-order valence-corrected chi connectivity index (χ4v) is 3.41. The average Bonchev–Trinajstić information content (AvgIpc) is 3.04. The van der Waals surface area contributed by atoms with Crippen molar-refractivity contribution in [2.45, 2.75) is 51.3 Å². The van der Waals surface area contributed by atoms with Gasteiger partial charge in [-0.15, -0.1) is 0 Å². The van der Waals surface area contributed by atoms with E-state index in [1.807, 2.05) is 24.4 Å². The van der Waals surface area contributed by atoms with Gasteiger partial charge in [-0.05, 0) is 55.4 Å². The minimum atomic E-state index is -0.582. The van der Waals surface area contributed by atoms with Gasteiger partial charge in [-0.25, -0.2) is 0 Å². The topological polar surface area (TPSA) is 49.5 Å². The van der Waals surface area contributed by atoms with Crippen LogP contribution in [0.3, 0.4) is 0 Å². The molecule has 2 heterocycles. The number of rotatable bonds is 6. The van der Waals surface area contributed by atoms with Gasteiger partial charge in [-0.2, -0.15) is 0 Å². The van der Waals surface area contributed by atoms with Gasteiger partial charge in [0.1, 0.15) is 5.76 Å². The van der Waals surface area contributed by atoms with Crippen molar-refractivity contribution in [1.29, 1.82) is 0 Å². The Hall–Kier alpha value is -1.65. The largest absolute Gasteiger partial charge is 0.468 e. The number of furan rings is 1. The molecule has 4 heteroatoms. The lowest BCUT2D eigenvalue weighted by Crippen LogP contribution is -2.44. The summed E-state index contributed by atoms with van der Waals surface area (Å²) in [5.74, 6) is 1.66. The minimum absolute atomic E-state index is 0.582. The Balaban J connectivity index is 1.69. The molecule has 1 N–H and O–H groups in total. The number of nitrogens with zero attached hydrogens (tertiary/aromatic N) is 2. The third-order valence-corrected chi connectivity index (χ3v) is 4.81. The summed E-state index contributed by atoms with van der Waals surface area (Å²) in [5, 5.41) is 11.0. The molecule has 0 bridgehead atoms. The monoisotopic (exact) mass is 314 g/mol. The van der Waals surface area contributed by atoms with Crippen molar-refractivity contribution in [2.24, 2.45) is 5.92 Å². The van der Waals surface area contributed by atoms with Crippen molar-refractivity contribution in [3.05, 3.63) is 54.2 Å². The molecule has 0 saturated heterocycles. The fourth-order valence-electron chi connectivity index (χ4n) is 3.41. The molecule has 0 spiro atoms. The van der Waals surface area contributed by atoms with Crippen LogP contribution in [0.1, 0.15) is 43.9 Å². The predicted molar refractivity (Wildman–Crippen MR) is 89.6 cm³/mol. The maximum atomic E-state index is 11.0. The van der Waals surface area contributed by atoms with Gasteiger partial charge < -0.3 is 9.52 Å². The second-order valence-electron chi connectivity index (χ2n) is 6.99. The molecule has 1 saturated carbocycles. The first-order valence-corrected chi connectivity index (χ1v) is 8.49. The highest BCUT2D eigenvalue weighted by Gasteiger charge is 2.33. The van der Waals surface area contributed by atoms with Gasteiger partial charge in [0.15, 0.2) is 0 Å². The molecule has 0 radical (unpaired) electrons. The van der Waals surface area contributed by atoms with E-state index in [9.17, 15) is 5.11 Å². The Bertz CT molecular complexity index is 575. The zero-order valence-corrected chi connectivity index (χ0v) is 13.8. The summed E-state index contributed by atoms with van der Waals surface area (Å²) in [5.41, 5.74) is 0.577. The van der Waals surface area contributed by atoms with Gasteiger partial charge in [-0.3, -0.25) is 9.88 Å². The Morgan fingerprint density at radius 2 is 2.09 bits per heavy atom. The van der Waals surface area contributed by atoms with E-state index in [1.165, 1.54) is 0 Å². The van der Waals surface area contributed by atoms with Crippen LogP contribution >= 0.6 is 0 Å². The second-order valence-corrected chi connectivity index (χ2v) is 6.99. The first-order chi connectivity index (χ1) is 11.1. The van der Waals surface area contributed by atoms with Crippen LogP contribution in [-0.2, 0) is 13.1 Å². The highest BCUT2D eigenvalue weighted by Crippen LogP contribution is 2.33. The molecule has 0 amide bonds. The van der Waals surface area contributed by atoms with Crippen LogP contribution in [-0.4, -0.2) is 27.1 Å². The van der Waals surface area contributed by atoms with Gasteiger partial charge in [0.05, 0.1) is 18.4 Å². The molecule has 0 unspecified atom stereocenters. The molecule has 1 aliphatic carbocycles. The van der Waals surface area contributed by atoms with Gasteiger partial charge in [0.25, 0.3) is 0 Å². The highest BCUT2D eigenvalue weighted by atomic mass is 16.3. The zero-order chi connectivity index (χ0) is 16.1. The lowest BCUT2D eigenvalue weighted by molar-refractivity contribution is -0.0397. The van der Waals surface area contributed by atoms with Crippen LogP contribution in [0.15, 0.2) is 47.3 Å². The number of aromatic nitrogens is 1. The normalized spacial score (nSPS) is 24.9. The summed E-state index contributed by atoms with van der Waals surface area (Å²) in [4.78, 5) is 6.47. The maximum Gasteiger partial charge on any atom is 0.117 e. The van der Waals surface area contributed by atoms with Crippen LogP contribution in [0, 0.1) is 5.92 Å². The van der Waals surface area contributed by atoms with Crippen molar-refractivity contribution < 1.29 is 9.52 Å². The predicted octanol–water partition coefficient (Wildman–Crippen LogP) is 3.62. The Morgan fingerprint density at radius 1 is 1.26 bits per heavy atom. The van der Waals surface area contributed by atoms with E-state index in [-0.39, 0.29) is 0 Å². The lowest BCUT2D eigenvalue weighted by Gasteiger charge is -2.38. The van der Waals surface area contributed by atoms with Gasteiger partial charge in [0, 0.05) is 25.5 Å². The molecule has 1 fully saturated rings. The van der Waals surface area contributed by atoms with E-state index >= 15 is 0 Å². The zero-order valence-electron chi connectivity index (χ0n) is 13.8. The van der Waals surface area contributed by atoms with Crippen LogP contribution in [0.25, 0.3) is 0 Å². The number of pyridine rings is 1. The van der Waals surface area contributed by atoms with Gasteiger partial charge in [0.2, 0.25) is 0 Å². The average molecular weight is 314 g/mol. The summed E-state index contributed by atoms with van der Waals surface area (Å²) in [6.45, 7) is 4.43. The van der Waals surface area contributed by atoms with Gasteiger partial charge in [-0.1, -0.05) is 13.0 Å². The smallest absolute Gasteiger partial charge is 0.117 e. The molecular weight excluding hydrogens is 288 g/mol. The van der Waals surface area contributed by atoms with Crippen molar-refractivity contribution in [1.82, 2.24) is 9.88 Å². The van der Waals surface area contributed by atoms with E-state index in [0.717, 1.165) is 49.5 Å². The highest BCUT2D eigenvalue weighted by molar-refractivity contribution is 5.09. The third kappa shape index (κ3) is 4.66. The van der Waals surface area contributed by atoms with Crippen LogP contribution in [0.4, 0.5) is 0 Å². The number of hydrogen-bond donors (Lipinski definition) is 1. The van der Waals surface area contributed by atoms with Crippen molar-refractivity contribution in [3.63, 3.8) is 0 Å². The standard InChI is InChI=1S/C19H26N2O2/c1-16-6-8-19(22,9-7-16)15-21(14-18-5-3-11-23-18)13-17-4-2-10-20-12-17/h2-5,10-12,16,22H,6-9,13-15H2,1H3. The fraction of sp³-hybridized carbons (Fsp3) is 0.526. The molecule has 23 heavy (non-hydrogen) atoms. The molecule has 0 aromatic carbocycles. The van der Waals surface area contributed by atoms with Crippen LogP contribution < -0.4 is 0 Å². The summed E-state index contributed by atoms with van der Waals surface area (Å²) < 4.78 is 5.50. The molecule has 4 nitrogen and oxygen atoms in total. The molecule has 0 aliphatic heterocycles. The summed E-state index contributed by atoms with van der Waals surface area (Å²) in [6, 6.07) is 7.93. The molecular formula is C19H26N2O2. The molecule has 124 valence electrons. The third-order valence-electron chi connectivity index (χ3n) is 4.81. The SMILES string of the molecule is CC1CCC(O)(CN(Cc2cccnc2)Cc2ccco2)CC1. The van der Waals surface area contributed by atoms with Crippen molar-refractivity contribution >= 4 is 0 Å². The molecule has 1 aliphatic rings. The second kappa shape index (κ2) is 7.28. The molecule has 2 aromatic rings. The Labute approximate surface area is 138 Å². The summed E-state index contributed by atoms with van der Waals surface area (Å²) >= 11 is 0. The number of hydrogen-bond acceptors (Lipinski definition) is 4. The molecule has 2 aromatic heterocycles. The maximum absolute atomic E-state index is 11.0. The molecule has 0 atom stereocenters. The van der Waals surface area contributed by atoms with Crippen LogP contribution in [0.5, 0.6) is 0 Å². The van der Waals surface area contributed by atoms with E-state index in [2.05, 4.69) is 22.9 Å². The van der Waals surface area contributed by atoms with E-state index in [0.29, 0.717) is 13.1 Å². The summed E-state index contributed by atoms with van der Waals surface area (Å²) in [7, 11) is 0. The quantitative estimate of drug-likeness (QED) is 0.885. The van der Waals surface area contributed by atoms with E-state index in [1.54, 1.807) is 12.5 Å². The summed E-state index contributed by atoms with van der Waals surface area (Å²) in [6.07, 6.45) is 9.37. The van der Waals surface area contributed by atoms with Crippen LogP contribution in [0.2, 0.25) is 0 Å². The first kappa shape index (κ1) is 16.2. The lowest BCUT2D eigenvalue weighted by atomic mass is 9.79. The molecule has 3 rings (SSSR count). The van der Waals surface area contributed by atoms with E-state index < -0.39 is 5.60 Å².